The maximum absolute atomic E-state index is 12.2. The summed E-state index contributed by atoms with van der Waals surface area (Å²) in [7, 11) is 1.31. The van der Waals surface area contributed by atoms with E-state index < -0.39 is 24.0 Å². The van der Waals surface area contributed by atoms with E-state index in [1.165, 1.54) is 7.11 Å². The molecule has 0 fully saturated rings. The highest BCUT2D eigenvalue weighted by Gasteiger charge is 2.31. The summed E-state index contributed by atoms with van der Waals surface area (Å²) in [5.41, 5.74) is 0. The van der Waals surface area contributed by atoms with E-state index in [2.05, 4.69) is 10.6 Å². The molecule has 0 bridgehead atoms. The highest BCUT2D eigenvalue weighted by Crippen LogP contribution is 2.09. The predicted octanol–water partition coefficient (Wildman–Crippen LogP) is 0.478. The molecular formula is C15H28N2O5. The molecule has 0 aliphatic rings. The van der Waals surface area contributed by atoms with Gasteiger partial charge in [-0.25, -0.2) is 0 Å². The summed E-state index contributed by atoms with van der Waals surface area (Å²) in [4.78, 5) is 35.3. The van der Waals surface area contributed by atoms with E-state index in [0.717, 1.165) is 0 Å². The molecule has 128 valence electrons. The Morgan fingerprint density at radius 2 is 1.55 bits per heavy atom. The first-order chi connectivity index (χ1) is 10.2. The number of amides is 1. The van der Waals surface area contributed by atoms with Gasteiger partial charge in [0.2, 0.25) is 5.91 Å². The number of carbonyl (C=O) groups excluding carboxylic acids is 3. The standard InChI is InChI=1S/C15H28N2O5/c1-7-22-11(18)8-16-14(19)12(9(2)3)17-13(10(4)5)15(20)21-6/h9-10,12-13,17H,7-8H2,1-6H3,(H,16,19)/t12-,13+/m1/s1. The summed E-state index contributed by atoms with van der Waals surface area (Å²) in [6.07, 6.45) is 0. The predicted molar refractivity (Wildman–Crippen MR) is 82.0 cm³/mol. The topological polar surface area (TPSA) is 93.7 Å². The molecule has 0 rings (SSSR count). The van der Waals surface area contributed by atoms with Crippen molar-refractivity contribution in [1.29, 1.82) is 0 Å². The van der Waals surface area contributed by atoms with Crippen LogP contribution in [0.25, 0.3) is 0 Å². The first-order valence-corrected chi connectivity index (χ1v) is 7.51. The van der Waals surface area contributed by atoms with E-state index in [1.807, 2.05) is 27.7 Å². The molecule has 0 saturated carbocycles. The van der Waals surface area contributed by atoms with Gasteiger partial charge in [-0.2, -0.15) is 0 Å². The zero-order valence-electron chi connectivity index (χ0n) is 14.3. The molecule has 1 amide bonds. The van der Waals surface area contributed by atoms with Crippen molar-refractivity contribution in [3.63, 3.8) is 0 Å². The molecule has 2 atom stereocenters. The van der Waals surface area contributed by atoms with Gasteiger partial charge in [-0.3, -0.25) is 19.7 Å². The smallest absolute Gasteiger partial charge is 0.325 e. The van der Waals surface area contributed by atoms with Crippen LogP contribution in [-0.4, -0.2) is 50.2 Å². The second kappa shape index (κ2) is 10.2. The quantitative estimate of drug-likeness (QED) is 0.601. The van der Waals surface area contributed by atoms with Gasteiger partial charge in [-0.1, -0.05) is 27.7 Å². The van der Waals surface area contributed by atoms with Gasteiger partial charge in [-0.15, -0.1) is 0 Å². The van der Waals surface area contributed by atoms with Gasteiger partial charge in [0.05, 0.1) is 19.8 Å². The monoisotopic (exact) mass is 316 g/mol. The molecule has 0 aliphatic heterocycles. The van der Waals surface area contributed by atoms with E-state index in [0.29, 0.717) is 0 Å². The molecule has 2 N–H and O–H groups in total. The van der Waals surface area contributed by atoms with Crippen LogP contribution in [0.5, 0.6) is 0 Å². The summed E-state index contributed by atoms with van der Waals surface area (Å²) in [5.74, 6) is -1.36. The summed E-state index contributed by atoms with van der Waals surface area (Å²) in [6, 6.07) is -1.20. The second-order valence-electron chi connectivity index (χ2n) is 5.66. The van der Waals surface area contributed by atoms with Crippen molar-refractivity contribution in [3.05, 3.63) is 0 Å². The van der Waals surface area contributed by atoms with E-state index in [1.54, 1.807) is 6.92 Å². The van der Waals surface area contributed by atoms with Crippen LogP contribution in [-0.2, 0) is 23.9 Å². The summed E-state index contributed by atoms with van der Waals surface area (Å²) < 4.78 is 9.52. The fourth-order valence-corrected chi connectivity index (χ4v) is 1.91. The van der Waals surface area contributed by atoms with Crippen molar-refractivity contribution in [3.8, 4) is 0 Å². The largest absolute Gasteiger partial charge is 0.468 e. The van der Waals surface area contributed by atoms with Crippen molar-refractivity contribution in [2.24, 2.45) is 11.8 Å². The van der Waals surface area contributed by atoms with Crippen LogP contribution in [0.15, 0.2) is 0 Å². The molecule has 0 spiro atoms. The number of carbonyl (C=O) groups is 3. The minimum Gasteiger partial charge on any atom is -0.468 e. The number of ether oxygens (including phenoxy) is 2. The molecule has 0 aromatic heterocycles. The maximum atomic E-state index is 12.2. The van der Waals surface area contributed by atoms with Crippen molar-refractivity contribution in [2.75, 3.05) is 20.3 Å². The molecule has 0 aromatic carbocycles. The normalized spacial score (nSPS) is 13.6. The molecule has 0 radical (unpaired) electrons. The van der Waals surface area contributed by atoms with E-state index >= 15 is 0 Å². The number of hydrogen-bond donors (Lipinski definition) is 2. The van der Waals surface area contributed by atoms with Crippen molar-refractivity contribution < 1.29 is 23.9 Å². The number of hydrogen-bond acceptors (Lipinski definition) is 6. The Morgan fingerprint density at radius 3 is 1.95 bits per heavy atom. The summed E-state index contributed by atoms with van der Waals surface area (Å²) in [6.45, 7) is 9.21. The van der Waals surface area contributed by atoms with Crippen molar-refractivity contribution >= 4 is 17.8 Å². The van der Waals surface area contributed by atoms with Crippen LogP contribution < -0.4 is 10.6 Å². The summed E-state index contributed by atoms with van der Waals surface area (Å²) >= 11 is 0. The third-order valence-corrected chi connectivity index (χ3v) is 3.14. The molecule has 0 unspecified atom stereocenters. The van der Waals surface area contributed by atoms with Gasteiger partial charge >= 0.3 is 11.9 Å². The van der Waals surface area contributed by atoms with E-state index in [4.69, 9.17) is 9.47 Å². The Kier molecular flexibility index (Phi) is 9.40. The Balaban J connectivity index is 4.80. The SMILES string of the molecule is CCOC(=O)CNC(=O)[C@H](N[C@H](C(=O)OC)C(C)C)C(C)C. The van der Waals surface area contributed by atoms with Gasteiger partial charge in [0, 0.05) is 0 Å². The van der Waals surface area contributed by atoms with Gasteiger partial charge in [0.15, 0.2) is 0 Å². The number of rotatable bonds is 9. The molecule has 7 heteroatoms. The molecule has 7 nitrogen and oxygen atoms in total. The van der Waals surface area contributed by atoms with E-state index in [9.17, 15) is 14.4 Å². The van der Waals surface area contributed by atoms with E-state index in [-0.39, 0.29) is 30.9 Å². The highest BCUT2D eigenvalue weighted by molar-refractivity contribution is 5.86. The average Bonchev–Trinajstić information content (AvgIpc) is 2.44. The fourth-order valence-electron chi connectivity index (χ4n) is 1.91. The minimum absolute atomic E-state index is 0.0356. The third kappa shape index (κ3) is 6.89. The fraction of sp³-hybridized carbons (Fsp3) is 0.800. The van der Waals surface area contributed by atoms with Crippen molar-refractivity contribution in [1.82, 2.24) is 10.6 Å². The van der Waals surface area contributed by atoms with Gasteiger partial charge in [-0.05, 0) is 18.8 Å². The highest BCUT2D eigenvalue weighted by atomic mass is 16.5. The molecule has 0 saturated heterocycles. The van der Waals surface area contributed by atoms with Gasteiger partial charge < -0.3 is 14.8 Å². The zero-order chi connectivity index (χ0) is 17.3. The maximum Gasteiger partial charge on any atom is 0.325 e. The molecule has 0 aromatic rings. The molecule has 0 heterocycles. The zero-order valence-corrected chi connectivity index (χ0v) is 14.3. The average molecular weight is 316 g/mol. The van der Waals surface area contributed by atoms with Crippen LogP contribution in [0.1, 0.15) is 34.6 Å². The second-order valence-corrected chi connectivity index (χ2v) is 5.66. The van der Waals surface area contributed by atoms with Gasteiger partial charge in [0.25, 0.3) is 0 Å². The third-order valence-electron chi connectivity index (χ3n) is 3.14. The Hall–Kier alpha value is -1.63. The minimum atomic E-state index is -0.610. The summed E-state index contributed by atoms with van der Waals surface area (Å²) in [5, 5.41) is 5.54. The molecule has 22 heavy (non-hydrogen) atoms. The molecule has 0 aliphatic carbocycles. The first-order valence-electron chi connectivity index (χ1n) is 7.51. The van der Waals surface area contributed by atoms with Crippen LogP contribution in [0.3, 0.4) is 0 Å². The van der Waals surface area contributed by atoms with Crippen LogP contribution in [0.2, 0.25) is 0 Å². The van der Waals surface area contributed by atoms with Gasteiger partial charge in [0.1, 0.15) is 12.6 Å². The number of methoxy groups -OCH3 is 1. The molecular weight excluding hydrogens is 288 g/mol. The Bertz CT molecular complexity index is 382. The Labute approximate surface area is 132 Å². The lowest BCUT2D eigenvalue weighted by Gasteiger charge is -2.28. The number of esters is 2. The number of nitrogens with one attached hydrogen (secondary N) is 2. The van der Waals surface area contributed by atoms with Crippen LogP contribution in [0.4, 0.5) is 0 Å². The lowest BCUT2D eigenvalue weighted by atomic mass is 9.98. The van der Waals surface area contributed by atoms with Crippen LogP contribution >= 0.6 is 0 Å². The lowest BCUT2D eigenvalue weighted by molar-refractivity contribution is -0.146. The Morgan fingerprint density at radius 1 is 1.00 bits per heavy atom. The first kappa shape index (κ1) is 20.4. The van der Waals surface area contributed by atoms with Crippen molar-refractivity contribution in [2.45, 2.75) is 46.7 Å². The lowest BCUT2D eigenvalue weighted by Crippen LogP contribution is -2.55. The van der Waals surface area contributed by atoms with Crippen LogP contribution in [0, 0.1) is 11.8 Å².